The molecule has 1 aromatic carbocycles. The van der Waals surface area contributed by atoms with Crippen LogP contribution in [0.15, 0.2) is 30.3 Å². The van der Waals surface area contributed by atoms with Crippen LogP contribution in [0.3, 0.4) is 0 Å². The van der Waals surface area contributed by atoms with Gasteiger partial charge < -0.3 is 42.0 Å². The van der Waals surface area contributed by atoms with Gasteiger partial charge in [-0.05, 0) is 117 Å². The summed E-state index contributed by atoms with van der Waals surface area (Å²) in [5.41, 5.74) is -7.61. The first-order valence-electron chi connectivity index (χ1n) is 21.7. The third kappa shape index (κ3) is 10.8. The zero-order valence-electron chi connectivity index (χ0n) is 40.3. The maximum Gasteiger partial charge on any atom is 0.346 e. The van der Waals surface area contributed by atoms with Crippen molar-refractivity contribution in [2.75, 3.05) is 6.61 Å². The second kappa shape index (κ2) is 17.1. The van der Waals surface area contributed by atoms with Gasteiger partial charge in [0, 0.05) is 12.8 Å². The van der Waals surface area contributed by atoms with Crippen LogP contribution in [0.4, 0.5) is 0 Å². The lowest BCUT2D eigenvalue weighted by molar-refractivity contribution is -0.266. The van der Waals surface area contributed by atoms with E-state index in [0.29, 0.717) is 25.7 Å². The van der Waals surface area contributed by atoms with E-state index in [1.165, 1.54) is 0 Å². The Labute approximate surface area is 363 Å². The van der Waals surface area contributed by atoms with Gasteiger partial charge in [0.05, 0.1) is 13.2 Å². The largest absolute Gasteiger partial charge is 0.458 e. The molecule has 1 aromatic rings. The number of benzene rings is 1. The van der Waals surface area contributed by atoms with Crippen molar-refractivity contribution in [2.24, 2.45) is 0 Å². The molecule has 0 amide bonds. The summed E-state index contributed by atoms with van der Waals surface area (Å²) in [6.45, 7) is 36.6. The number of carbonyl (C=O) groups is 3. The molecule has 1 aliphatic carbocycles. The van der Waals surface area contributed by atoms with Gasteiger partial charge in [-0.3, -0.25) is 0 Å². The van der Waals surface area contributed by atoms with Crippen LogP contribution in [-0.2, 0) is 63.0 Å². The Bertz CT molecular complexity index is 1670. The first-order chi connectivity index (χ1) is 27.0. The fourth-order valence-corrected chi connectivity index (χ4v) is 9.96. The molecule has 2 heterocycles. The van der Waals surface area contributed by atoms with E-state index in [4.69, 9.17) is 42.0 Å². The lowest BCUT2D eigenvalue weighted by atomic mass is 9.73. The summed E-state index contributed by atoms with van der Waals surface area (Å²) < 4.78 is 61.6. The molecule has 60 heavy (non-hydrogen) atoms. The smallest absolute Gasteiger partial charge is 0.346 e. The Morgan fingerprint density at radius 2 is 1.12 bits per heavy atom. The van der Waals surface area contributed by atoms with Gasteiger partial charge in [-0.1, -0.05) is 71.9 Å². The maximum atomic E-state index is 16.0. The first kappa shape index (κ1) is 50.5. The second-order valence-electron chi connectivity index (χ2n) is 23.0. The predicted octanol–water partition coefficient (Wildman–Crippen LogP) is 9.57. The molecule has 2 saturated heterocycles. The molecule has 1 spiro atoms. The number of rotatable bonds is 12. The highest BCUT2D eigenvalue weighted by atomic mass is 28.4. The molecular weight excluding hydrogens is 801 g/mol. The minimum Gasteiger partial charge on any atom is -0.458 e. The number of esters is 3. The van der Waals surface area contributed by atoms with E-state index in [2.05, 4.69) is 67.7 Å². The van der Waals surface area contributed by atoms with Crippen molar-refractivity contribution in [2.45, 2.75) is 231 Å². The van der Waals surface area contributed by atoms with Crippen molar-refractivity contribution in [3.05, 3.63) is 35.9 Å². The number of carbonyl (C=O) groups excluding carboxylic acids is 3. The standard InChI is InChI=1S/C46H78O12Si2/c1-39(2,3)53-36(47)35-46(38(49)55-41(7,8)9,58-44(52-35)27-23-24-28-44)45(37(48)54-40(4,5)6)34(57-60(18,19)43(13,14)15)33(56-59(16,17)42(10,11)12)32(51-45)30-50-29-31-25-21-20-22-26-31/h20-22,25-26,32-35H,23-24,27-30H2,1-19H3/t32-,33-,34+,35+,45-,46+/m0/s1. The van der Waals surface area contributed by atoms with Crippen LogP contribution >= 0.6 is 0 Å². The number of ether oxygens (including phenoxy) is 7. The number of hydrogen-bond acceptors (Lipinski definition) is 12. The Balaban J connectivity index is 2.20. The molecule has 0 unspecified atom stereocenters. The summed E-state index contributed by atoms with van der Waals surface area (Å²) in [4.78, 5) is 46.8. The van der Waals surface area contributed by atoms with Crippen molar-refractivity contribution < 1.29 is 56.4 Å². The molecule has 3 fully saturated rings. The predicted molar refractivity (Wildman–Crippen MR) is 235 cm³/mol. The van der Waals surface area contributed by atoms with Crippen LogP contribution in [0, 0.1) is 0 Å². The van der Waals surface area contributed by atoms with Gasteiger partial charge >= 0.3 is 17.9 Å². The van der Waals surface area contributed by atoms with E-state index in [-0.39, 0.29) is 18.3 Å². The maximum absolute atomic E-state index is 16.0. The van der Waals surface area contributed by atoms with Gasteiger partial charge in [-0.25, -0.2) is 14.4 Å². The molecule has 2 aliphatic heterocycles. The topological polar surface area (TPSA) is 134 Å². The highest BCUT2D eigenvalue weighted by molar-refractivity contribution is 6.74. The summed E-state index contributed by atoms with van der Waals surface area (Å²) in [6, 6.07) is 9.72. The van der Waals surface area contributed by atoms with Gasteiger partial charge in [-0.2, -0.15) is 0 Å². The van der Waals surface area contributed by atoms with Crippen LogP contribution in [0.5, 0.6) is 0 Å². The zero-order valence-corrected chi connectivity index (χ0v) is 42.3. The zero-order chi connectivity index (χ0) is 45.8. The molecule has 342 valence electrons. The van der Waals surface area contributed by atoms with E-state index >= 15 is 9.59 Å². The Morgan fingerprint density at radius 1 is 0.650 bits per heavy atom. The van der Waals surface area contributed by atoms with Crippen LogP contribution < -0.4 is 0 Å². The monoisotopic (exact) mass is 879 g/mol. The summed E-state index contributed by atoms with van der Waals surface area (Å²) in [6.07, 6.45) is -3.32. The van der Waals surface area contributed by atoms with Gasteiger partial charge in [0.2, 0.25) is 17.3 Å². The average Bonchev–Trinajstić information content (AvgIpc) is 3.74. The molecule has 0 radical (unpaired) electrons. The van der Waals surface area contributed by atoms with Crippen LogP contribution in [0.1, 0.15) is 135 Å². The molecular formula is C46H78O12Si2. The summed E-state index contributed by atoms with van der Waals surface area (Å²) in [7, 11) is -5.78. The van der Waals surface area contributed by atoms with Crippen molar-refractivity contribution >= 4 is 34.5 Å². The normalized spacial score (nSPS) is 27.9. The van der Waals surface area contributed by atoms with Crippen molar-refractivity contribution in [1.82, 2.24) is 0 Å². The van der Waals surface area contributed by atoms with E-state index < -0.39 is 97.8 Å². The lowest BCUT2D eigenvalue weighted by Gasteiger charge is -2.50. The average molecular weight is 879 g/mol. The minimum atomic E-state index is -2.99. The van der Waals surface area contributed by atoms with Crippen LogP contribution in [0.2, 0.25) is 36.3 Å². The Kier molecular flexibility index (Phi) is 14.4. The van der Waals surface area contributed by atoms with Crippen molar-refractivity contribution in [3.63, 3.8) is 0 Å². The summed E-state index contributed by atoms with van der Waals surface area (Å²) >= 11 is 0. The van der Waals surface area contributed by atoms with Gasteiger partial charge in [0.25, 0.3) is 0 Å². The Morgan fingerprint density at radius 3 is 1.58 bits per heavy atom. The second-order valence-corrected chi connectivity index (χ2v) is 32.5. The molecule has 12 nitrogen and oxygen atoms in total. The molecule has 0 bridgehead atoms. The first-order valence-corrected chi connectivity index (χ1v) is 27.6. The van der Waals surface area contributed by atoms with E-state index in [1.807, 2.05) is 30.3 Å². The third-order valence-corrected chi connectivity index (χ3v) is 21.2. The minimum absolute atomic E-state index is 0.0798. The molecule has 6 atom stereocenters. The van der Waals surface area contributed by atoms with Crippen molar-refractivity contribution in [3.8, 4) is 0 Å². The SMILES string of the molecule is CC(C)(C)OC(=O)[C@H]1OC2(CCCC2)O[C@]1(C(=O)OC(C)(C)C)[C@]1(C(=O)OC(C)(C)C)O[C@@H](COCc2ccccc2)[C@H](O[Si](C)(C)C(C)(C)C)[C@H]1O[Si](C)(C)C(C)(C)C. The molecule has 14 heteroatoms. The molecule has 3 aliphatic rings. The van der Waals surface area contributed by atoms with Crippen LogP contribution in [0.25, 0.3) is 0 Å². The third-order valence-electron chi connectivity index (χ3n) is 12.3. The quantitative estimate of drug-likeness (QED) is 0.112. The fourth-order valence-electron chi connectivity index (χ4n) is 7.36. The van der Waals surface area contributed by atoms with Gasteiger partial charge in [-0.15, -0.1) is 0 Å². The van der Waals surface area contributed by atoms with Gasteiger partial charge in [0.1, 0.15) is 35.1 Å². The molecule has 0 N–H and O–H groups in total. The Hall–Kier alpha value is -2.18. The van der Waals surface area contributed by atoms with E-state index in [9.17, 15) is 4.79 Å². The summed E-state index contributed by atoms with van der Waals surface area (Å²) in [5.74, 6) is -4.41. The lowest BCUT2D eigenvalue weighted by Crippen LogP contribution is -2.77. The number of hydrogen-bond donors (Lipinski definition) is 0. The molecule has 0 aromatic heterocycles. The summed E-state index contributed by atoms with van der Waals surface area (Å²) in [5, 5.41) is -0.733. The van der Waals surface area contributed by atoms with Crippen molar-refractivity contribution in [1.29, 1.82) is 0 Å². The highest BCUT2D eigenvalue weighted by Crippen LogP contribution is 2.59. The van der Waals surface area contributed by atoms with Crippen LogP contribution in [-0.4, -0.2) is 99.4 Å². The van der Waals surface area contributed by atoms with E-state index in [0.717, 1.165) is 5.56 Å². The van der Waals surface area contributed by atoms with Gasteiger partial charge in [0.15, 0.2) is 22.4 Å². The van der Waals surface area contributed by atoms with E-state index in [1.54, 1.807) is 62.3 Å². The molecule has 1 saturated carbocycles. The highest BCUT2D eigenvalue weighted by Gasteiger charge is 2.85. The molecule has 4 rings (SSSR count). The fraction of sp³-hybridized carbons (Fsp3) is 0.804.